The Morgan fingerprint density at radius 1 is 0.261 bits per heavy atom. The highest BCUT2D eigenvalue weighted by Crippen LogP contribution is 2.65. The van der Waals surface area contributed by atoms with Crippen molar-refractivity contribution >= 4 is 27.8 Å². The number of fused-ring (bicyclic) bond motifs is 14. The Labute approximate surface area is 404 Å². The Kier molecular flexibility index (Phi) is 8.61. The molecule has 11 aromatic rings. The highest BCUT2D eigenvalue weighted by Gasteiger charge is 2.53. The van der Waals surface area contributed by atoms with Crippen LogP contribution in [0.15, 0.2) is 249 Å². The molecule has 1 nitrogen and oxygen atoms in total. The van der Waals surface area contributed by atoms with Gasteiger partial charge in [0, 0.05) is 22.5 Å². The quantitative estimate of drug-likeness (QED) is 0.161. The van der Waals surface area contributed by atoms with Crippen molar-refractivity contribution in [2.24, 2.45) is 0 Å². The van der Waals surface area contributed by atoms with Crippen LogP contribution in [0.4, 0.5) is 17.1 Å². The Morgan fingerprint density at radius 3 is 1.33 bits per heavy atom. The maximum absolute atomic E-state index is 2.48. The number of hydrogen-bond donors (Lipinski definition) is 0. The van der Waals surface area contributed by atoms with E-state index in [9.17, 15) is 0 Å². The van der Waals surface area contributed by atoms with E-state index in [1.54, 1.807) is 0 Å². The van der Waals surface area contributed by atoms with Gasteiger partial charge in [0.05, 0.1) is 5.41 Å². The van der Waals surface area contributed by atoms with E-state index in [4.69, 9.17) is 0 Å². The highest BCUT2D eigenvalue weighted by molar-refractivity contribution is 6.02. The molecule has 0 heterocycles. The fourth-order valence-electron chi connectivity index (χ4n) is 12.5. The smallest absolute Gasteiger partial charge is 0.0731 e. The van der Waals surface area contributed by atoms with Crippen LogP contribution in [0.2, 0.25) is 0 Å². The second kappa shape index (κ2) is 15.0. The zero-order valence-electron chi connectivity index (χ0n) is 38.6. The Balaban J connectivity index is 0.910. The number of rotatable bonds is 6. The molecule has 0 fully saturated rings. The van der Waals surface area contributed by atoms with E-state index in [-0.39, 0.29) is 5.41 Å². The monoisotopic (exact) mass is 877 g/mol. The molecule has 3 aliphatic rings. The molecule has 0 amide bonds. The van der Waals surface area contributed by atoms with Gasteiger partial charge in [-0.15, -0.1) is 0 Å². The summed E-state index contributed by atoms with van der Waals surface area (Å²) in [5.74, 6) is 0. The lowest BCUT2D eigenvalue weighted by Crippen LogP contribution is -2.26. The molecule has 0 N–H and O–H groups in total. The first-order valence-electron chi connectivity index (χ1n) is 24.2. The minimum Gasteiger partial charge on any atom is -0.310 e. The molecule has 1 spiro atoms. The average molecular weight is 878 g/mol. The third kappa shape index (κ3) is 5.77. The van der Waals surface area contributed by atoms with Gasteiger partial charge in [0.25, 0.3) is 0 Å². The van der Waals surface area contributed by atoms with Gasteiger partial charge in [-0.25, -0.2) is 0 Å². The van der Waals surface area contributed by atoms with Gasteiger partial charge >= 0.3 is 0 Å². The minimum atomic E-state index is -0.471. The number of hydrogen-bond acceptors (Lipinski definition) is 1. The van der Waals surface area contributed by atoms with Gasteiger partial charge in [-0.2, -0.15) is 0 Å². The number of benzene rings is 11. The van der Waals surface area contributed by atoms with Crippen molar-refractivity contribution in [3.05, 3.63) is 282 Å². The summed E-state index contributed by atoms with van der Waals surface area (Å²) < 4.78 is 0. The normalized spacial score (nSPS) is 15.3. The molecule has 0 aromatic heterocycles. The second-order valence-corrected chi connectivity index (χ2v) is 19.6. The van der Waals surface area contributed by atoms with Gasteiger partial charge in [0.2, 0.25) is 0 Å². The summed E-state index contributed by atoms with van der Waals surface area (Å²) in [5, 5.41) is 2.54. The third-order valence-electron chi connectivity index (χ3n) is 15.7. The lowest BCUT2D eigenvalue weighted by atomic mass is 9.68. The van der Waals surface area contributed by atoms with Gasteiger partial charge < -0.3 is 4.90 Å². The molecule has 11 aromatic carbocycles. The van der Waals surface area contributed by atoms with Crippen LogP contribution in [0.5, 0.6) is 0 Å². The highest BCUT2D eigenvalue weighted by atomic mass is 15.1. The molecular formula is C68H47N. The molecule has 1 heteroatoms. The zero-order chi connectivity index (χ0) is 45.8. The van der Waals surface area contributed by atoms with E-state index in [0.29, 0.717) is 0 Å². The number of anilines is 3. The molecule has 324 valence electrons. The molecule has 0 radical (unpaired) electrons. The molecule has 69 heavy (non-hydrogen) atoms. The van der Waals surface area contributed by atoms with E-state index in [1.165, 1.54) is 111 Å². The van der Waals surface area contributed by atoms with Crippen molar-refractivity contribution in [2.75, 3.05) is 4.90 Å². The summed E-state index contributed by atoms with van der Waals surface area (Å²) in [6, 6.07) is 93.0. The van der Waals surface area contributed by atoms with E-state index in [0.717, 1.165) is 17.1 Å². The van der Waals surface area contributed by atoms with Crippen LogP contribution in [0.3, 0.4) is 0 Å². The SMILES string of the molecule is CC1(C)c2ccccc2-c2ccc(N(c3ccc(-c4ccc(-c5ccccc5)cc4)cc3)c3ccc(-c4cccc5c4C4(c6ccccc6-c6cc7ccccc7cc64)c4ccccc4-5)cc3)cc21. The molecule has 1 unspecified atom stereocenters. The Bertz CT molecular complexity index is 3840. The van der Waals surface area contributed by atoms with Gasteiger partial charge in [-0.1, -0.05) is 214 Å². The molecule has 0 aliphatic heterocycles. The van der Waals surface area contributed by atoms with Crippen LogP contribution in [0.25, 0.3) is 77.5 Å². The second-order valence-electron chi connectivity index (χ2n) is 19.6. The van der Waals surface area contributed by atoms with Crippen molar-refractivity contribution in [3.8, 4) is 66.8 Å². The van der Waals surface area contributed by atoms with Crippen molar-refractivity contribution in [3.63, 3.8) is 0 Å². The van der Waals surface area contributed by atoms with Crippen molar-refractivity contribution < 1.29 is 0 Å². The van der Waals surface area contributed by atoms with E-state index in [1.807, 2.05) is 0 Å². The van der Waals surface area contributed by atoms with Crippen molar-refractivity contribution in [1.29, 1.82) is 0 Å². The summed E-state index contributed by atoms with van der Waals surface area (Å²) in [4.78, 5) is 2.44. The molecule has 0 saturated carbocycles. The topological polar surface area (TPSA) is 3.24 Å². The van der Waals surface area contributed by atoms with Crippen molar-refractivity contribution in [2.45, 2.75) is 24.7 Å². The van der Waals surface area contributed by atoms with Gasteiger partial charge in [0.1, 0.15) is 0 Å². The van der Waals surface area contributed by atoms with Crippen LogP contribution >= 0.6 is 0 Å². The van der Waals surface area contributed by atoms with E-state index in [2.05, 4.69) is 267 Å². The molecular weight excluding hydrogens is 831 g/mol. The van der Waals surface area contributed by atoms with Crippen LogP contribution < -0.4 is 4.90 Å². The molecule has 0 bridgehead atoms. The third-order valence-corrected chi connectivity index (χ3v) is 15.7. The fourth-order valence-corrected chi connectivity index (χ4v) is 12.5. The largest absolute Gasteiger partial charge is 0.310 e. The molecule has 14 rings (SSSR count). The lowest BCUT2D eigenvalue weighted by molar-refractivity contribution is 0.660. The van der Waals surface area contributed by atoms with E-state index >= 15 is 0 Å². The predicted octanol–water partition coefficient (Wildman–Crippen LogP) is 18.0. The summed E-state index contributed by atoms with van der Waals surface area (Å²) in [5.41, 5.74) is 26.2. The maximum atomic E-state index is 2.48. The average Bonchev–Trinajstić information content (AvgIpc) is 3.96. The van der Waals surface area contributed by atoms with Gasteiger partial charge in [-0.05, 0) is 159 Å². The summed E-state index contributed by atoms with van der Waals surface area (Å²) in [6.07, 6.45) is 0. The molecule has 1 atom stereocenters. The van der Waals surface area contributed by atoms with Crippen LogP contribution in [0.1, 0.15) is 47.2 Å². The molecule has 0 saturated heterocycles. The predicted molar refractivity (Wildman–Crippen MR) is 289 cm³/mol. The standard InChI is InChI=1S/C68H47N/c1-67(2)61-24-11-8-19-55(61)58-40-39-53(43-64(58)67)69(51-35-31-47(32-36-51)46-29-27-45(28-30-46)44-15-4-3-5-16-44)52-37-33-48(34-38-52)54-22-14-23-59-56-20-9-12-25-62(56)68(66(54)59)63-26-13-10-21-57(63)60-41-49-17-6-7-18-50(49)42-65(60)68/h3-43H,1-2H3. The molecule has 3 aliphatic carbocycles. The first-order valence-corrected chi connectivity index (χ1v) is 24.2. The first kappa shape index (κ1) is 39.6. The Hall–Kier alpha value is -8.52. The fraction of sp³-hybridized carbons (Fsp3) is 0.0588. The van der Waals surface area contributed by atoms with E-state index < -0.39 is 5.41 Å². The maximum Gasteiger partial charge on any atom is 0.0731 e. The van der Waals surface area contributed by atoms with Gasteiger partial charge in [-0.3, -0.25) is 0 Å². The zero-order valence-corrected chi connectivity index (χ0v) is 38.6. The van der Waals surface area contributed by atoms with Crippen LogP contribution in [-0.2, 0) is 10.8 Å². The summed E-state index contributed by atoms with van der Waals surface area (Å²) in [7, 11) is 0. The first-order chi connectivity index (χ1) is 34.0. The van der Waals surface area contributed by atoms with Crippen LogP contribution in [-0.4, -0.2) is 0 Å². The van der Waals surface area contributed by atoms with Gasteiger partial charge in [0.15, 0.2) is 0 Å². The summed E-state index contributed by atoms with van der Waals surface area (Å²) in [6.45, 7) is 4.73. The lowest BCUT2D eigenvalue weighted by Gasteiger charge is -2.32. The number of nitrogens with zero attached hydrogens (tertiary/aromatic N) is 1. The summed E-state index contributed by atoms with van der Waals surface area (Å²) >= 11 is 0. The van der Waals surface area contributed by atoms with Crippen LogP contribution in [0, 0.1) is 0 Å². The Morgan fingerprint density at radius 2 is 0.696 bits per heavy atom. The van der Waals surface area contributed by atoms with Crippen molar-refractivity contribution in [1.82, 2.24) is 0 Å². The minimum absolute atomic E-state index is 0.127.